The van der Waals surface area contributed by atoms with Crippen LogP contribution in [0, 0.1) is 11.8 Å². The van der Waals surface area contributed by atoms with Gasteiger partial charge in [-0.1, -0.05) is 44.2 Å². The van der Waals surface area contributed by atoms with Crippen LogP contribution in [0.4, 0.5) is 0 Å². The van der Waals surface area contributed by atoms with Gasteiger partial charge in [-0.15, -0.1) is 0 Å². The molecule has 4 atom stereocenters. The summed E-state index contributed by atoms with van der Waals surface area (Å²) < 4.78 is 5.59. The first kappa shape index (κ1) is 15.2. The van der Waals surface area contributed by atoms with Crippen LogP contribution >= 0.6 is 0 Å². The van der Waals surface area contributed by atoms with Gasteiger partial charge in [0.15, 0.2) is 0 Å². The minimum Gasteiger partial charge on any atom is -0.393 e. The monoisotopic (exact) mass is 252 g/mol. The molecule has 0 aliphatic carbocycles. The quantitative estimate of drug-likeness (QED) is 0.782. The molecule has 0 saturated heterocycles. The van der Waals surface area contributed by atoms with E-state index in [2.05, 4.69) is 0 Å². The van der Waals surface area contributed by atoms with Crippen LogP contribution in [0.25, 0.3) is 0 Å². The topological polar surface area (TPSA) is 49.7 Å². The summed E-state index contributed by atoms with van der Waals surface area (Å²) in [6.45, 7) is 6.54. The summed E-state index contributed by atoms with van der Waals surface area (Å²) in [5.41, 5.74) is 1.13. The Morgan fingerprint density at radius 3 is 2.22 bits per heavy atom. The van der Waals surface area contributed by atoms with E-state index in [9.17, 15) is 10.2 Å². The molecule has 18 heavy (non-hydrogen) atoms. The van der Waals surface area contributed by atoms with Crippen LogP contribution < -0.4 is 0 Å². The van der Waals surface area contributed by atoms with E-state index in [0.717, 1.165) is 5.56 Å². The molecule has 3 heteroatoms. The molecule has 0 aliphatic heterocycles. The van der Waals surface area contributed by atoms with Crippen molar-refractivity contribution >= 4 is 0 Å². The third-order valence-electron chi connectivity index (χ3n) is 3.37. The minimum atomic E-state index is -0.541. The van der Waals surface area contributed by atoms with E-state index in [0.29, 0.717) is 13.2 Å². The number of aliphatic hydroxyl groups excluding tert-OH is 2. The van der Waals surface area contributed by atoms with Crippen LogP contribution in [0.1, 0.15) is 26.3 Å². The van der Waals surface area contributed by atoms with Gasteiger partial charge in [0, 0.05) is 11.8 Å². The van der Waals surface area contributed by atoms with E-state index >= 15 is 0 Å². The Morgan fingerprint density at radius 2 is 1.67 bits per heavy atom. The lowest BCUT2D eigenvalue weighted by molar-refractivity contribution is -0.0294. The fraction of sp³-hybridized carbons (Fsp3) is 0.600. The van der Waals surface area contributed by atoms with Crippen molar-refractivity contribution < 1.29 is 14.9 Å². The third kappa shape index (κ3) is 4.77. The summed E-state index contributed by atoms with van der Waals surface area (Å²) in [6, 6.07) is 9.96. The van der Waals surface area contributed by atoms with Crippen molar-refractivity contribution in [2.24, 2.45) is 11.8 Å². The van der Waals surface area contributed by atoms with Gasteiger partial charge in [-0.05, 0) is 12.5 Å². The Hall–Kier alpha value is -0.900. The molecular weight excluding hydrogens is 228 g/mol. The molecule has 3 nitrogen and oxygen atoms in total. The highest BCUT2D eigenvalue weighted by molar-refractivity contribution is 5.13. The van der Waals surface area contributed by atoms with E-state index in [1.807, 2.05) is 44.2 Å². The van der Waals surface area contributed by atoms with Crippen LogP contribution in [0.2, 0.25) is 0 Å². The zero-order chi connectivity index (χ0) is 13.5. The van der Waals surface area contributed by atoms with Gasteiger partial charge in [-0.25, -0.2) is 0 Å². The summed E-state index contributed by atoms with van der Waals surface area (Å²) in [5.74, 6) is -0.126. The molecule has 0 aliphatic rings. The summed E-state index contributed by atoms with van der Waals surface area (Å²) in [4.78, 5) is 0. The van der Waals surface area contributed by atoms with Gasteiger partial charge in [0.2, 0.25) is 0 Å². The van der Waals surface area contributed by atoms with Gasteiger partial charge < -0.3 is 14.9 Å². The van der Waals surface area contributed by atoms with E-state index < -0.39 is 12.2 Å². The summed E-state index contributed by atoms with van der Waals surface area (Å²) in [7, 11) is 0. The number of ether oxygens (including phenoxy) is 1. The zero-order valence-electron chi connectivity index (χ0n) is 11.4. The smallest absolute Gasteiger partial charge is 0.0717 e. The summed E-state index contributed by atoms with van der Waals surface area (Å²) >= 11 is 0. The molecule has 2 N–H and O–H groups in total. The largest absolute Gasteiger partial charge is 0.393 e. The van der Waals surface area contributed by atoms with Gasteiger partial charge in [0.1, 0.15) is 0 Å². The lowest BCUT2D eigenvalue weighted by Gasteiger charge is -2.26. The molecule has 0 heterocycles. The maximum atomic E-state index is 10.0. The molecule has 0 radical (unpaired) electrons. The Bertz CT molecular complexity index is 324. The summed E-state index contributed by atoms with van der Waals surface area (Å²) in [5, 5.41) is 19.5. The third-order valence-corrected chi connectivity index (χ3v) is 3.37. The van der Waals surface area contributed by atoms with Gasteiger partial charge in [-0.2, -0.15) is 0 Å². The Kier molecular flexibility index (Phi) is 6.33. The molecule has 0 amide bonds. The first-order chi connectivity index (χ1) is 8.52. The molecule has 0 unspecified atom stereocenters. The molecule has 0 spiro atoms. The summed E-state index contributed by atoms with van der Waals surface area (Å²) in [6.07, 6.45) is -1.04. The number of rotatable bonds is 7. The van der Waals surface area contributed by atoms with Crippen molar-refractivity contribution in [2.45, 2.75) is 39.6 Å². The van der Waals surface area contributed by atoms with Crippen molar-refractivity contribution in [3.8, 4) is 0 Å². The molecule has 0 saturated carbocycles. The number of hydrogen-bond acceptors (Lipinski definition) is 3. The van der Waals surface area contributed by atoms with Gasteiger partial charge in [-0.3, -0.25) is 0 Å². The highest BCUT2D eigenvalue weighted by Crippen LogP contribution is 2.17. The maximum Gasteiger partial charge on any atom is 0.0717 e. The van der Waals surface area contributed by atoms with Crippen molar-refractivity contribution in [3.63, 3.8) is 0 Å². The van der Waals surface area contributed by atoms with E-state index in [1.54, 1.807) is 6.92 Å². The second kappa shape index (κ2) is 7.52. The molecular formula is C15H24O3. The second-order valence-electron chi connectivity index (χ2n) is 5.07. The molecule has 0 fully saturated rings. The normalized spacial score (nSPS) is 18.1. The second-order valence-corrected chi connectivity index (χ2v) is 5.07. The Labute approximate surface area is 109 Å². The first-order valence-electron chi connectivity index (χ1n) is 6.50. The van der Waals surface area contributed by atoms with Crippen LogP contribution in [-0.2, 0) is 11.3 Å². The molecule has 0 aromatic heterocycles. The Morgan fingerprint density at radius 1 is 1.06 bits per heavy atom. The van der Waals surface area contributed by atoms with Gasteiger partial charge in [0.05, 0.1) is 25.4 Å². The SMILES string of the molecule is C[C@H]([C@H](O)[C@@H](C)COCc1ccccc1)[C@H](C)O. The number of benzene rings is 1. The standard InChI is InChI=1S/C15H24O3/c1-11(15(17)12(2)13(3)16)9-18-10-14-7-5-4-6-8-14/h4-8,11-13,15-17H,9-10H2,1-3H3/t11-,12-,13-,15+/m0/s1. The lowest BCUT2D eigenvalue weighted by atomic mass is 9.90. The molecule has 1 aromatic carbocycles. The minimum absolute atomic E-state index is 0.0123. The van der Waals surface area contributed by atoms with Gasteiger partial charge in [0.25, 0.3) is 0 Å². The van der Waals surface area contributed by atoms with Crippen LogP contribution in [0.15, 0.2) is 30.3 Å². The lowest BCUT2D eigenvalue weighted by Crippen LogP contribution is -2.34. The van der Waals surface area contributed by atoms with Crippen molar-refractivity contribution in [1.29, 1.82) is 0 Å². The zero-order valence-corrected chi connectivity index (χ0v) is 11.4. The van der Waals surface area contributed by atoms with Crippen molar-refractivity contribution in [2.75, 3.05) is 6.61 Å². The van der Waals surface area contributed by atoms with E-state index in [-0.39, 0.29) is 11.8 Å². The molecule has 1 rings (SSSR count). The predicted octanol–water partition coefficient (Wildman–Crippen LogP) is 2.22. The average molecular weight is 252 g/mol. The molecule has 1 aromatic rings. The predicted molar refractivity (Wildman–Crippen MR) is 72.1 cm³/mol. The first-order valence-corrected chi connectivity index (χ1v) is 6.50. The number of aliphatic hydroxyl groups is 2. The molecule has 0 bridgehead atoms. The fourth-order valence-corrected chi connectivity index (χ4v) is 1.84. The highest BCUT2D eigenvalue weighted by atomic mass is 16.5. The van der Waals surface area contributed by atoms with E-state index in [4.69, 9.17) is 4.74 Å². The highest BCUT2D eigenvalue weighted by Gasteiger charge is 2.24. The van der Waals surface area contributed by atoms with Crippen LogP contribution in [0.3, 0.4) is 0 Å². The fourth-order valence-electron chi connectivity index (χ4n) is 1.84. The average Bonchev–Trinajstić information content (AvgIpc) is 2.38. The van der Waals surface area contributed by atoms with Crippen LogP contribution in [0.5, 0.6) is 0 Å². The maximum absolute atomic E-state index is 10.0. The Balaban J connectivity index is 2.31. The molecule has 102 valence electrons. The van der Waals surface area contributed by atoms with Crippen molar-refractivity contribution in [1.82, 2.24) is 0 Å². The van der Waals surface area contributed by atoms with E-state index in [1.165, 1.54) is 0 Å². The van der Waals surface area contributed by atoms with Crippen molar-refractivity contribution in [3.05, 3.63) is 35.9 Å². The number of hydrogen-bond donors (Lipinski definition) is 2. The van der Waals surface area contributed by atoms with Crippen LogP contribution in [-0.4, -0.2) is 29.0 Å². The van der Waals surface area contributed by atoms with Gasteiger partial charge >= 0.3 is 0 Å².